The topological polar surface area (TPSA) is 88.1 Å². The lowest BCUT2D eigenvalue weighted by Gasteiger charge is -2.15. The number of hydrogen-bond donors (Lipinski definition) is 3. The number of nitrogens with zero attached hydrogens (tertiary/aromatic N) is 2. The molecule has 0 fully saturated rings. The zero-order valence-electron chi connectivity index (χ0n) is 18.2. The highest BCUT2D eigenvalue weighted by Crippen LogP contribution is 2.25. The minimum Gasteiger partial charge on any atom is -0.373 e. The highest BCUT2D eigenvalue weighted by molar-refractivity contribution is 6.00. The number of pyridine rings is 2. The van der Waals surface area contributed by atoms with Crippen LogP contribution in [0.25, 0.3) is 16.5 Å². The Morgan fingerprint density at radius 2 is 1.76 bits per heavy atom. The Bertz CT molecular complexity index is 1450. The summed E-state index contributed by atoms with van der Waals surface area (Å²) in [5, 5.41) is 8.88. The van der Waals surface area contributed by atoms with Gasteiger partial charge in [-0.3, -0.25) is 9.36 Å². The van der Waals surface area contributed by atoms with Crippen molar-refractivity contribution in [3.05, 3.63) is 88.2 Å². The summed E-state index contributed by atoms with van der Waals surface area (Å²) in [6, 6.07) is 7.49. The highest BCUT2D eigenvalue weighted by atomic mass is 19.1. The molecule has 3 N–H and O–H groups in total. The first-order valence-corrected chi connectivity index (χ1v) is 10.4. The number of aryl methyl sites for hydroxylation is 1. The first kappa shape index (κ1) is 22.8. The number of nitrogens with one attached hydrogen (secondary N) is 3. The first-order chi connectivity index (χ1) is 16.3. The van der Waals surface area contributed by atoms with Crippen molar-refractivity contribution in [2.45, 2.75) is 13.3 Å². The third-order valence-electron chi connectivity index (χ3n) is 5.26. The molecule has 0 saturated carbocycles. The Morgan fingerprint density at radius 3 is 2.44 bits per heavy atom. The van der Waals surface area contributed by atoms with Crippen LogP contribution in [-0.2, 0) is 6.42 Å². The van der Waals surface area contributed by atoms with Gasteiger partial charge in [0.2, 0.25) is 0 Å². The van der Waals surface area contributed by atoms with Crippen LogP contribution in [0.3, 0.4) is 0 Å². The van der Waals surface area contributed by atoms with Crippen LogP contribution in [0.4, 0.5) is 35.2 Å². The van der Waals surface area contributed by atoms with Gasteiger partial charge in [-0.05, 0) is 48.2 Å². The molecule has 174 valence electrons. The molecule has 34 heavy (non-hydrogen) atoms. The van der Waals surface area contributed by atoms with Crippen molar-refractivity contribution in [1.82, 2.24) is 9.55 Å². The van der Waals surface area contributed by atoms with Crippen molar-refractivity contribution < 1.29 is 18.0 Å². The maximum Gasteiger partial charge on any atom is 0.323 e. The van der Waals surface area contributed by atoms with E-state index in [4.69, 9.17) is 0 Å². The highest BCUT2D eigenvalue weighted by Gasteiger charge is 2.18. The molecule has 0 unspecified atom stereocenters. The molecule has 0 spiro atoms. The van der Waals surface area contributed by atoms with E-state index < -0.39 is 29.0 Å². The number of benzene rings is 2. The summed E-state index contributed by atoms with van der Waals surface area (Å²) in [5.74, 6) is -1.92. The molecular weight excluding hydrogens is 447 g/mol. The first-order valence-electron chi connectivity index (χ1n) is 10.4. The van der Waals surface area contributed by atoms with E-state index in [1.54, 1.807) is 26.2 Å². The number of hydrogen-bond acceptors (Lipinski definition) is 4. The second-order valence-electron chi connectivity index (χ2n) is 7.41. The van der Waals surface area contributed by atoms with Crippen LogP contribution in [-0.4, -0.2) is 22.6 Å². The summed E-state index contributed by atoms with van der Waals surface area (Å²) < 4.78 is 43.3. The van der Waals surface area contributed by atoms with E-state index >= 15 is 0 Å². The van der Waals surface area contributed by atoms with Crippen molar-refractivity contribution in [3.63, 3.8) is 0 Å². The number of halogens is 3. The lowest BCUT2D eigenvalue weighted by molar-refractivity contribution is 0.262. The molecule has 2 aromatic heterocycles. The summed E-state index contributed by atoms with van der Waals surface area (Å²) in [4.78, 5) is 29.7. The van der Waals surface area contributed by atoms with E-state index in [0.29, 0.717) is 34.6 Å². The SMILES string of the molecule is CCc1c(=O)n(-c2cc(NC(=O)Nc3ccc(F)cc3)c(F)cc2F)cc2cnc(NC)cc12. The monoisotopic (exact) mass is 467 g/mol. The number of rotatable bonds is 5. The predicted octanol–water partition coefficient (Wildman–Crippen LogP) is 5.05. The fourth-order valence-electron chi connectivity index (χ4n) is 3.58. The lowest BCUT2D eigenvalue weighted by atomic mass is 10.1. The standard InChI is InChI=1S/C24H20F3N5O2/c1-3-16-17-8-22(28-2)29-11-13(17)12-32(23(16)33)21-10-20(18(26)9-19(21)27)31-24(34)30-15-6-4-14(25)5-7-15/h4-12,28H,3H2,1-2H3,(H2,30,31,34). The second kappa shape index (κ2) is 9.26. The molecule has 0 aliphatic rings. The van der Waals surface area contributed by atoms with Crippen LogP contribution in [0.2, 0.25) is 0 Å². The fraction of sp³-hybridized carbons (Fsp3) is 0.125. The molecular formula is C24H20F3N5O2. The number of fused-ring (bicyclic) bond motifs is 1. The largest absolute Gasteiger partial charge is 0.373 e. The van der Waals surface area contributed by atoms with Crippen LogP contribution >= 0.6 is 0 Å². The van der Waals surface area contributed by atoms with Crippen LogP contribution in [0.1, 0.15) is 12.5 Å². The number of carbonyl (C=O) groups excluding carboxylic acids is 1. The molecule has 0 bridgehead atoms. The normalized spacial score (nSPS) is 10.9. The Hall–Kier alpha value is -4.34. The van der Waals surface area contributed by atoms with E-state index in [1.807, 2.05) is 0 Å². The van der Waals surface area contributed by atoms with E-state index in [-0.39, 0.29) is 17.1 Å². The van der Waals surface area contributed by atoms with Gasteiger partial charge in [0, 0.05) is 42.1 Å². The summed E-state index contributed by atoms with van der Waals surface area (Å²) >= 11 is 0. The summed E-state index contributed by atoms with van der Waals surface area (Å²) in [6.07, 6.45) is 3.34. The van der Waals surface area contributed by atoms with E-state index in [0.717, 1.165) is 22.8 Å². The summed E-state index contributed by atoms with van der Waals surface area (Å²) in [6.45, 7) is 1.80. The molecule has 0 radical (unpaired) electrons. The minimum absolute atomic E-state index is 0.238. The van der Waals surface area contributed by atoms with Crippen molar-refractivity contribution in [2.75, 3.05) is 23.0 Å². The number of aromatic nitrogens is 2. The quantitative estimate of drug-likeness (QED) is 0.383. The van der Waals surface area contributed by atoms with Gasteiger partial charge in [0.05, 0.1) is 11.4 Å². The molecule has 4 aromatic rings. The minimum atomic E-state index is -1.03. The van der Waals surface area contributed by atoms with Crippen molar-refractivity contribution >= 4 is 34.0 Å². The zero-order chi connectivity index (χ0) is 24.4. The van der Waals surface area contributed by atoms with Gasteiger partial charge in [-0.1, -0.05) is 6.92 Å². The molecule has 0 aliphatic carbocycles. The summed E-state index contributed by atoms with van der Waals surface area (Å²) in [5.41, 5.74) is -0.352. The smallest absolute Gasteiger partial charge is 0.323 e. The van der Waals surface area contributed by atoms with Gasteiger partial charge >= 0.3 is 6.03 Å². The number of anilines is 3. The maximum atomic E-state index is 14.8. The van der Waals surface area contributed by atoms with Gasteiger partial charge in [-0.25, -0.2) is 22.9 Å². The summed E-state index contributed by atoms with van der Waals surface area (Å²) in [7, 11) is 1.70. The van der Waals surface area contributed by atoms with Gasteiger partial charge in [-0.2, -0.15) is 0 Å². The molecule has 10 heteroatoms. The number of amides is 2. The average Bonchev–Trinajstić information content (AvgIpc) is 2.82. The molecule has 0 aliphatic heterocycles. The van der Waals surface area contributed by atoms with Gasteiger partial charge in [0.25, 0.3) is 5.56 Å². The Morgan fingerprint density at radius 1 is 1.03 bits per heavy atom. The molecule has 7 nitrogen and oxygen atoms in total. The molecule has 0 atom stereocenters. The van der Waals surface area contributed by atoms with Crippen molar-refractivity contribution in [3.8, 4) is 5.69 Å². The van der Waals surface area contributed by atoms with Crippen LogP contribution in [0.5, 0.6) is 0 Å². The fourth-order valence-corrected chi connectivity index (χ4v) is 3.58. The predicted molar refractivity (Wildman–Crippen MR) is 125 cm³/mol. The van der Waals surface area contributed by atoms with Crippen molar-refractivity contribution in [1.29, 1.82) is 0 Å². The van der Waals surface area contributed by atoms with Gasteiger partial charge in [0.1, 0.15) is 23.3 Å². The van der Waals surface area contributed by atoms with E-state index in [1.165, 1.54) is 18.3 Å². The Balaban J connectivity index is 1.74. The van der Waals surface area contributed by atoms with Gasteiger partial charge in [-0.15, -0.1) is 0 Å². The second-order valence-corrected chi connectivity index (χ2v) is 7.41. The molecule has 2 amide bonds. The zero-order valence-corrected chi connectivity index (χ0v) is 18.2. The van der Waals surface area contributed by atoms with Gasteiger partial charge in [0.15, 0.2) is 0 Å². The Kier molecular flexibility index (Phi) is 6.22. The van der Waals surface area contributed by atoms with Crippen molar-refractivity contribution in [2.24, 2.45) is 0 Å². The van der Waals surface area contributed by atoms with E-state index in [2.05, 4.69) is 20.9 Å². The van der Waals surface area contributed by atoms with Crippen LogP contribution in [0.15, 0.2) is 59.7 Å². The molecule has 4 rings (SSSR count). The number of urea groups is 1. The number of carbonyl (C=O) groups is 1. The molecule has 2 aromatic carbocycles. The van der Waals surface area contributed by atoms with Crippen LogP contribution in [0, 0.1) is 17.5 Å². The third kappa shape index (κ3) is 4.42. The lowest BCUT2D eigenvalue weighted by Crippen LogP contribution is -2.24. The average molecular weight is 467 g/mol. The Labute approximate surface area is 192 Å². The maximum absolute atomic E-state index is 14.8. The third-order valence-corrected chi connectivity index (χ3v) is 5.26. The van der Waals surface area contributed by atoms with E-state index in [9.17, 15) is 22.8 Å². The molecule has 2 heterocycles. The van der Waals surface area contributed by atoms with Gasteiger partial charge < -0.3 is 16.0 Å². The van der Waals surface area contributed by atoms with Crippen LogP contribution < -0.4 is 21.5 Å². The molecule has 0 saturated heterocycles.